The first-order valence-corrected chi connectivity index (χ1v) is 11.7. The molecular weight excluding hydrogens is 472 g/mol. The van der Waals surface area contributed by atoms with E-state index in [0.717, 1.165) is 5.76 Å². The van der Waals surface area contributed by atoms with Gasteiger partial charge in [-0.05, 0) is 50.6 Å². The topological polar surface area (TPSA) is 109 Å². The van der Waals surface area contributed by atoms with Gasteiger partial charge in [0.25, 0.3) is 5.56 Å². The number of carbonyl (C=O) groups is 2. The Bertz CT molecular complexity index is 1520. The normalized spacial score (nSPS) is 15.5. The molecule has 1 aliphatic rings. The first-order chi connectivity index (χ1) is 16.7. The summed E-state index contributed by atoms with van der Waals surface area (Å²) in [7, 11) is 1.44. The molecule has 0 saturated carbocycles. The lowest BCUT2D eigenvalue weighted by molar-refractivity contribution is -0.139. The second-order valence-electron chi connectivity index (χ2n) is 7.75. The minimum absolute atomic E-state index is 0.166. The molecule has 0 bridgehead atoms. The summed E-state index contributed by atoms with van der Waals surface area (Å²) >= 11 is 1.20. The molecule has 2 aromatic heterocycles. The quantitative estimate of drug-likeness (QED) is 0.381. The number of aryl methyl sites for hydroxylation is 1. The van der Waals surface area contributed by atoms with Crippen LogP contribution in [0.3, 0.4) is 0 Å². The Hall–Kier alpha value is -3.92. The zero-order valence-electron chi connectivity index (χ0n) is 19.9. The van der Waals surface area contributed by atoms with Crippen LogP contribution in [-0.4, -0.2) is 30.2 Å². The molecule has 4 rings (SSSR count). The van der Waals surface area contributed by atoms with Crippen molar-refractivity contribution in [2.24, 2.45) is 4.99 Å². The standard InChI is InChI=1S/C25H24N2O7S/c1-6-32-24(30)21-14(3)26-25-27(23(29)20(35-25)12-17-9-7-13(2)33-17)22(21)16-8-10-18(34-15(4)28)19(11-16)31-5/h7-12,22H,6H2,1-5H3/b20-12+. The molecule has 182 valence electrons. The third-order valence-corrected chi connectivity index (χ3v) is 6.29. The van der Waals surface area contributed by atoms with E-state index in [-0.39, 0.29) is 29.2 Å². The zero-order valence-corrected chi connectivity index (χ0v) is 20.7. The van der Waals surface area contributed by atoms with Crippen LogP contribution in [0.5, 0.6) is 11.5 Å². The van der Waals surface area contributed by atoms with Crippen LogP contribution in [0.15, 0.2) is 55.8 Å². The van der Waals surface area contributed by atoms with E-state index in [0.29, 0.717) is 26.4 Å². The van der Waals surface area contributed by atoms with Crippen LogP contribution in [0, 0.1) is 6.92 Å². The molecule has 0 aliphatic carbocycles. The van der Waals surface area contributed by atoms with Crippen LogP contribution >= 0.6 is 11.3 Å². The number of furan rings is 1. The molecule has 0 radical (unpaired) electrons. The van der Waals surface area contributed by atoms with Crippen LogP contribution < -0.4 is 24.4 Å². The summed E-state index contributed by atoms with van der Waals surface area (Å²) in [5.74, 6) is 0.699. The summed E-state index contributed by atoms with van der Waals surface area (Å²) in [6, 6.07) is 7.63. The Balaban J connectivity index is 1.95. The summed E-state index contributed by atoms with van der Waals surface area (Å²) in [6.07, 6.45) is 1.65. The van der Waals surface area contributed by atoms with Crippen molar-refractivity contribution in [3.05, 3.63) is 78.4 Å². The number of hydrogen-bond donors (Lipinski definition) is 0. The molecule has 0 saturated heterocycles. The van der Waals surface area contributed by atoms with Crippen molar-refractivity contribution in [3.8, 4) is 11.5 Å². The SMILES string of the molecule is CCOC(=O)C1=C(C)N=c2s/c(=C/c3ccc(C)o3)c(=O)n2C1c1ccc(OC(C)=O)c(OC)c1. The maximum absolute atomic E-state index is 13.6. The average Bonchev–Trinajstić information content (AvgIpc) is 3.35. The summed E-state index contributed by atoms with van der Waals surface area (Å²) in [4.78, 5) is 43.0. The van der Waals surface area contributed by atoms with E-state index in [1.54, 1.807) is 44.2 Å². The molecular formula is C25H24N2O7S. The minimum atomic E-state index is -0.828. The molecule has 1 atom stereocenters. The number of thiazole rings is 1. The molecule has 1 aliphatic heterocycles. The third kappa shape index (κ3) is 4.69. The van der Waals surface area contributed by atoms with Gasteiger partial charge in [-0.1, -0.05) is 17.4 Å². The zero-order chi connectivity index (χ0) is 25.3. The van der Waals surface area contributed by atoms with Gasteiger partial charge in [-0.2, -0.15) is 0 Å². The van der Waals surface area contributed by atoms with E-state index in [4.69, 9.17) is 18.6 Å². The highest BCUT2D eigenvalue weighted by Gasteiger charge is 2.34. The molecule has 0 amide bonds. The van der Waals surface area contributed by atoms with E-state index in [1.807, 2.05) is 13.0 Å². The number of aromatic nitrogens is 1. The third-order valence-electron chi connectivity index (χ3n) is 5.31. The van der Waals surface area contributed by atoms with E-state index >= 15 is 0 Å². The van der Waals surface area contributed by atoms with Crippen molar-refractivity contribution in [1.82, 2.24) is 4.57 Å². The second kappa shape index (κ2) is 9.75. The van der Waals surface area contributed by atoms with Gasteiger partial charge < -0.3 is 18.6 Å². The smallest absolute Gasteiger partial charge is 0.338 e. The van der Waals surface area contributed by atoms with Crippen molar-refractivity contribution < 1.29 is 28.2 Å². The minimum Gasteiger partial charge on any atom is -0.493 e. The summed E-state index contributed by atoms with van der Waals surface area (Å²) in [5, 5.41) is 0. The van der Waals surface area contributed by atoms with Gasteiger partial charge in [-0.25, -0.2) is 9.79 Å². The Morgan fingerprint density at radius 1 is 1.20 bits per heavy atom. The van der Waals surface area contributed by atoms with E-state index in [2.05, 4.69) is 4.99 Å². The van der Waals surface area contributed by atoms with Crippen molar-refractivity contribution in [1.29, 1.82) is 0 Å². The van der Waals surface area contributed by atoms with Gasteiger partial charge in [0.05, 0.1) is 35.6 Å². The number of benzene rings is 1. The fraction of sp³-hybridized carbons (Fsp3) is 0.280. The molecule has 3 aromatic rings. The number of carbonyl (C=O) groups excluding carboxylic acids is 2. The highest BCUT2D eigenvalue weighted by Crippen LogP contribution is 2.36. The van der Waals surface area contributed by atoms with Gasteiger partial charge in [-0.3, -0.25) is 14.2 Å². The largest absolute Gasteiger partial charge is 0.493 e. The molecule has 1 aromatic carbocycles. The number of nitrogens with zero attached hydrogens (tertiary/aromatic N) is 2. The number of esters is 2. The van der Waals surface area contributed by atoms with Gasteiger partial charge in [0.1, 0.15) is 11.5 Å². The molecule has 0 spiro atoms. The number of ether oxygens (including phenoxy) is 3. The Kier molecular flexibility index (Phi) is 6.74. The number of hydrogen-bond acceptors (Lipinski definition) is 9. The van der Waals surface area contributed by atoms with Crippen LogP contribution in [0.1, 0.15) is 43.9 Å². The summed E-state index contributed by atoms with van der Waals surface area (Å²) < 4.78 is 23.4. The highest BCUT2D eigenvalue weighted by atomic mass is 32.1. The van der Waals surface area contributed by atoms with Crippen molar-refractivity contribution >= 4 is 29.4 Å². The number of rotatable bonds is 6. The fourth-order valence-corrected chi connectivity index (χ4v) is 4.89. The Labute approximate surface area is 204 Å². The number of allylic oxidation sites excluding steroid dienone is 1. The maximum Gasteiger partial charge on any atom is 0.338 e. The van der Waals surface area contributed by atoms with Crippen LogP contribution in [0.2, 0.25) is 0 Å². The molecule has 35 heavy (non-hydrogen) atoms. The molecule has 3 heterocycles. The second-order valence-corrected chi connectivity index (χ2v) is 8.76. The van der Waals surface area contributed by atoms with E-state index in [1.165, 1.54) is 29.9 Å². The lowest BCUT2D eigenvalue weighted by Crippen LogP contribution is -2.39. The molecule has 1 unspecified atom stereocenters. The first kappa shape index (κ1) is 24.2. The maximum atomic E-state index is 13.6. The predicted molar refractivity (Wildman–Crippen MR) is 128 cm³/mol. The van der Waals surface area contributed by atoms with Crippen molar-refractivity contribution in [2.45, 2.75) is 33.7 Å². The lowest BCUT2D eigenvalue weighted by atomic mass is 9.95. The summed E-state index contributed by atoms with van der Waals surface area (Å²) in [5.41, 5.74) is 0.918. The van der Waals surface area contributed by atoms with Crippen molar-refractivity contribution in [3.63, 3.8) is 0 Å². The molecule has 0 fully saturated rings. The average molecular weight is 497 g/mol. The predicted octanol–water partition coefficient (Wildman–Crippen LogP) is 2.63. The van der Waals surface area contributed by atoms with Gasteiger partial charge in [-0.15, -0.1) is 0 Å². The van der Waals surface area contributed by atoms with Crippen LogP contribution in [0.25, 0.3) is 6.08 Å². The molecule has 10 heteroatoms. The van der Waals surface area contributed by atoms with Gasteiger partial charge in [0.15, 0.2) is 16.3 Å². The monoisotopic (exact) mass is 496 g/mol. The number of methoxy groups -OCH3 is 1. The Morgan fingerprint density at radius 2 is 1.97 bits per heavy atom. The summed E-state index contributed by atoms with van der Waals surface area (Å²) in [6.45, 7) is 6.69. The fourth-order valence-electron chi connectivity index (χ4n) is 3.86. The van der Waals surface area contributed by atoms with Gasteiger partial charge in [0.2, 0.25) is 0 Å². The van der Waals surface area contributed by atoms with Gasteiger partial charge in [0, 0.05) is 13.0 Å². The Morgan fingerprint density at radius 3 is 2.60 bits per heavy atom. The van der Waals surface area contributed by atoms with Crippen LogP contribution in [0.4, 0.5) is 0 Å². The molecule has 9 nitrogen and oxygen atoms in total. The first-order valence-electron chi connectivity index (χ1n) is 10.9. The molecule has 0 N–H and O–H groups in total. The van der Waals surface area contributed by atoms with Gasteiger partial charge >= 0.3 is 11.9 Å². The highest BCUT2D eigenvalue weighted by molar-refractivity contribution is 7.07. The number of fused-ring (bicyclic) bond motifs is 1. The van der Waals surface area contributed by atoms with Crippen LogP contribution in [-0.2, 0) is 14.3 Å². The van der Waals surface area contributed by atoms with Crippen molar-refractivity contribution in [2.75, 3.05) is 13.7 Å². The van der Waals surface area contributed by atoms with E-state index in [9.17, 15) is 14.4 Å². The lowest BCUT2D eigenvalue weighted by Gasteiger charge is -2.25. The van der Waals surface area contributed by atoms with E-state index < -0.39 is 18.0 Å².